The Kier molecular flexibility index (Phi) is 5.31. The molecule has 2 aromatic carbocycles. The van der Waals surface area contributed by atoms with Crippen LogP contribution in [0.1, 0.15) is 54.9 Å². The number of amides is 1. The van der Waals surface area contributed by atoms with Crippen LogP contribution in [-0.4, -0.2) is 35.5 Å². The minimum atomic E-state index is -0.443. The van der Waals surface area contributed by atoms with E-state index in [2.05, 4.69) is 11.8 Å². The summed E-state index contributed by atoms with van der Waals surface area (Å²) >= 11 is 0. The van der Waals surface area contributed by atoms with Gasteiger partial charge in [0, 0.05) is 12.7 Å². The van der Waals surface area contributed by atoms with E-state index in [0.717, 1.165) is 36.9 Å². The molecule has 1 aliphatic heterocycles. The predicted octanol–water partition coefficient (Wildman–Crippen LogP) is 4.37. The highest BCUT2D eigenvalue weighted by molar-refractivity contribution is 5.94. The van der Waals surface area contributed by atoms with Crippen LogP contribution in [0.4, 0.5) is 5.69 Å². The Hall–Kier alpha value is -2.82. The number of likely N-dealkylation sites (N-methyl/N-ethyl adjacent to an activating group) is 1. The zero-order valence-electron chi connectivity index (χ0n) is 17.1. The molecule has 1 aliphatic carbocycles. The summed E-state index contributed by atoms with van der Waals surface area (Å²) in [5, 5.41) is 0. The van der Waals surface area contributed by atoms with Gasteiger partial charge in [-0.05, 0) is 49.6 Å². The van der Waals surface area contributed by atoms with Gasteiger partial charge in [0.05, 0.1) is 5.56 Å². The third-order valence-corrected chi connectivity index (χ3v) is 6.39. The molecule has 152 valence electrons. The first-order valence-corrected chi connectivity index (χ1v) is 10.4. The Morgan fingerprint density at radius 3 is 2.34 bits per heavy atom. The van der Waals surface area contributed by atoms with Gasteiger partial charge in [0.1, 0.15) is 18.3 Å². The van der Waals surface area contributed by atoms with Crippen molar-refractivity contribution in [3.05, 3.63) is 65.7 Å². The first kappa shape index (κ1) is 19.5. The fourth-order valence-electron chi connectivity index (χ4n) is 4.75. The molecule has 29 heavy (non-hydrogen) atoms. The average Bonchev–Trinajstić information content (AvgIpc) is 2.94. The zero-order valence-corrected chi connectivity index (χ0v) is 17.1. The maximum Gasteiger partial charge on any atom is 0.338 e. The Bertz CT molecular complexity index is 873. The van der Waals surface area contributed by atoms with Gasteiger partial charge < -0.3 is 14.5 Å². The van der Waals surface area contributed by atoms with Gasteiger partial charge in [-0.15, -0.1) is 0 Å². The molecule has 0 radical (unpaired) electrons. The van der Waals surface area contributed by atoms with E-state index >= 15 is 0 Å². The van der Waals surface area contributed by atoms with Crippen LogP contribution < -0.4 is 4.90 Å². The largest absolute Gasteiger partial charge is 0.457 e. The molecule has 2 fully saturated rings. The number of anilines is 1. The van der Waals surface area contributed by atoms with E-state index < -0.39 is 5.54 Å². The molecule has 2 aliphatic rings. The average molecular weight is 392 g/mol. The van der Waals surface area contributed by atoms with Crippen molar-refractivity contribution in [3.8, 4) is 0 Å². The van der Waals surface area contributed by atoms with Crippen molar-refractivity contribution in [2.75, 3.05) is 11.9 Å². The van der Waals surface area contributed by atoms with Gasteiger partial charge in [0.15, 0.2) is 0 Å². The molecule has 1 heterocycles. The van der Waals surface area contributed by atoms with Crippen LogP contribution in [-0.2, 0) is 16.1 Å². The number of carbonyl (C=O) groups is 2. The lowest BCUT2D eigenvalue weighted by Crippen LogP contribution is -2.51. The summed E-state index contributed by atoms with van der Waals surface area (Å²) in [6.07, 6.45) is 5.12. The number of ether oxygens (including phenoxy) is 1. The topological polar surface area (TPSA) is 49.9 Å². The van der Waals surface area contributed by atoms with E-state index in [1.807, 2.05) is 54.4 Å². The summed E-state index contributed by atoms with van der Waals surface area (Å²) in [4.78, 5) is 29.6. The second kappa shape index (κ2) is 7.90. The predicted molar refractivity (Wildman–Crippen MR) is 113 cm³/mol. The van der Waals surface area contributed by atoms with Gasteiger partial charge in [-0.25, -0.2) is 4.79 Å². The molecular weight excluding hydrogens is 364 g/mol. The van der Waals surface area contributed by atoms with Gasteiger partial charge in [0.25, 0.3) is 0 Å². The molecule has 5 heteroatoms. The lowest BCUT2D eigenvalue weighted by Gasteiger charge is -2.41. The Labute approximate surface area is 172 Å². The van der Waals surface area contributed by atoms with E-state index in [0.29, 0.717) is 5.56 Å². The maximum atomic E-state index is 13.1. The van der Waals surface area contributed by atoms with Gasteiger partial charge in [-0.1, -0.05) is 49.6 Å². The highest BCUT2D eigenvalue weighted by Gasteiger charge is 2.54. The normalized spacial score (nSPS) is 20.9. The Morgan fingerprint density at radius 1 is 1.03 bits per heavy atom. The van der Waals surface area contributed by atoms with E-state index in [1.54, 1.807) is 12.1 Å². The van der Waals surface area contributed by atoms with Crippen molar-refractivity contribution in [2.24, 2.45) is 0 Å². The van der Waals surface area contributed by atoms with Crippen molar-refractivity contribution in [2.45, 2.75) is 57.3 Å². The fourth-order valence-corrected chi connectivity index (χ4v) is 4.75. The molecule has 1 amide bonds. The van der Waals surface area contributed by atoms with E-state index in [1.165, 1.54) is 6.42 Å². The number of nitrogens with zero attached hydrogens (tertiary/aromatic N) is 2. The molecule has 0 aromatic heterocycles. The minimum Gasteiger partial charge on any atom is -0.457 e. The van der Waals surface area contributed by atoms with Crippen LogP contribution in [0.15, 0.2) is 54.6 Å². The van der Waals surface area contributed by atoms with E-state index in [4.69, 9.17) is 4.74 Å². The number of hydrogen-bond acceptors (Lipinski definition) is 4. The molecular formula is C24H28N2O3. The smallest absolute Gasteiger partial charge is 0.338 e. The van der Waals surface area contributed by atoms with Crippen LogP contribution in [0.25, 0.3) is 0 Å². The minimum absolute atomic E-state index is 0.00326. The zero-order chi connectivity index (χ0) is 20.4. The van der Waals surface area contributed by atoms with Gasteiger partial charge >= 0.3 is 5.97 Å². The first-order valence-electron chi connectivity index (χ1n) is 10.4. The number of benzene rings is 2. The lowest BCUT2D eigenvalue weighted by molar-refractivity contribution is -0.132. The molecule has 1 saturated carbocycles. The highest BCUT2D eigenvalue weighted by atomic mass is 16.5. The Balaban J connectivity index is 1.52. The van der Waals surface area contributed by atoms with Gasteiger partial charge in [-0.2, -0.15) is 0 Å². The van der Waals surface area contributed by atoms with Gasteiger partial charge in [-0.3, -0.25) is 4.79 Å². The summed E-state index contributed by atoms with van der Waals surface area (Å²) < 4.78 is 5.43. The summed E-state index contributed by atoms with van der Waals surface area (Å²) in [5.41, 5.74) is 2.02. The molecule has 0 bridgehead atoms. The highest BCUT2D eigenvalue weighted by Crippen LogP contribution is 2.44. The van der Waals surface area contributed by atoms with Crippen molar-refractivity contribution in [3.63, 3.8) is 0 Å². The van der Waals surface area contributed by atoms with E-state index in [9.17, 15) is 9.59 Å². The first-order chi connectivity index (χ1) is 14.0. The molecule has 2 aromatic rings. The van der Waals surface area contributed by atoms with Crippen molar-refractivity contribution in [1.82, 2.24) is 4.90 Å². The molecule has 4 rings (SSSR count). The van der Waals surface area contributed by atoms with Crippen LogP contribution in [0, 0.1) is 0 Å². The van der Waals surface area contributed by atoms with Crippen LogP contribution in [0.2, 0.25) is 0 Å². The number of hydrogen-bond donors (Lipinski definition) is 0. The van der Waals surface area contributed by atoms with Gasteiger partial charge in [0.2, 0.25) is 5.91 Å². The SMILES string of the molecule is CC1N(C)C(=O)C2(CCCCC2)N1c1ccc(C(=O)OCc2ccccc2)cc1. The third kappa shape index (κ3) is 3.50. The molecule has 5 nitrogen and oxygen atoms in total. The molecule has 1 unspecified atom stereocenters. The molecule has 1 atom stereocenters. The summed E-state index contributed by atoms with van der Waals surface area (Å²) in [6, 6.07) is 17.1. The molecule has 0 N–H and O–H groups in total. The maximum absolute atomic E-state index is 13.1. The van der Waals surface area contributed by atoms with Crippen LogP contribution in [0.5, 0.6) is 0 Å². The van der Waals surface area contributed by atoms with Crippen molar-refractivity contribution < 1.29 is 14.3 Å². The van der Waals surface area contributed by atoms with Crippen LogP contribution >= 0.6 is 0 Å². The monoisotopic (exact) mass is 392 g/mol. The Morgan fingerprint density at radius 2 is 1.69 bits per heavy atom. The second-order valence-electron chi connectivity index (χ2n) is 8.12. The number of carbonyl (C=O) groups excluding carboxylic acids is 2. The standard InChI is InChI=1S/C24H28N2O3/c1-18-25(2)23(28)24(15-7-4-8-16-24)26(18)21-13-11-20(12-14-21)22(27)29-17-19-9-5-3-6-10-19/h3,5-6,9-14,18H,4,7-8,15-17H2,1-2H3. The molecule has 1 saturated heterocycles. The lowest BCUT2D eigenvalue weighted by atomic mass is 9.80. The third-order valence-electron chi connectivity index (χ3n) is 6.39. The fraction of sp³-hybridized carbons (Fsp3) is 0.417. The quantitative estimate of drug-likeness (QED) is 0.725. The summed E-state index contributed by atoms with van der Waals surface area (Å²) in [5.74, 6) is -0.119. The van der Waals surface area contributed by atoms with E-state index in [-0.39, 0.29) is 24.6 Å². The summed E-state index contributed by atoms with van der Waals surface area (Å²) in [7, 11) is 1.89. The number of rotatable bonds is 4. The number of esters is 1. The second-order valence-corrected chi connectivity index (χ2v) is 8.12. The van der Waals surface area contributed by atoms with Crippen molar-refractivity contribution >= 4 is 17.6 Å². The van der Waals surface area contributed by atoms with Crippen LogP contribution in [0.3, 0.4) is 0 Å². The molecule has 1 spiro atoms. The summed E-state index contributed by atoms with van der Waals surface area (Å²) in [6.45, 7) is 2.33. The van der Waals surface area contributed by atoms with Crippen molar-refractivity contribution in [1.29, 1.82) is 0 Å².